The normalized spacial score (nSPS) is 14.2. The average molecular weight is 362 g/mol. The van der Waals surface area contributed by atoms with Gasteiger partial charge in [0.1, 0.15) is 0 Å². The molecule has 0 saturated carbocycles. The Bertz CT molecular complexity index is 752. The quantitative estimate of drug-likeness (QED) is 0.749. The van der Waals surface area contributed by atoms with Gasteiger partial charge >= 0.3 is 5.97 Å². The van der Waals surface area contributed by atoms with Crippen LogP contribution in [0.25, 0.3) is 10.8 Å². The number of esters is 1. The average Bonchev–Trinajstić information content (AvgIpc) is 2.57. The second-order valence-corrected chi connectivity index (χ2v) is 9.00. The van der Waals surface area contributed by atoms with Crippen LogP contribution >= 0.6 is 0 Å². The van der Waals surface area contributed by atoms with Crippen molar-refractivity contribution in [1.29, 1.82) is 0 Å². The van der Waals surface area contributed by atoms with E-state index in [4.69, 9.17) is 4.74 Å². The molecule has 0 amide bonds. The molecule has 0 aromatic heterocycles. The Kier molecular flexibility index (Phi) is 6.73. The fourth-order valence-electron chi connectivity index (χ4n) is 2.52. The van der Waals surface area contributed by atoms with Crippen LogP contribution in [0, 0.1) is 0 Å². The Morgan fingerprint density at radius 2 is 1.84 bits per heavy atom. The van der Waals surface area contributed by atoms with Crippen LogP contribution in [0.1, 0.15) is 52.1 Å². The van der Waals surface area contributed by atoms with Gasteiger partial charge in [0.15, 0.2) is 0 Å². The van der Waals surface area contributed by atoms with Crippen molar-refractivity contribution in [2.24, 2.45) is 0 Å². The molecule has 2 atom stereocenters. The lowest BCUT2D eigenvalue weighted by Gasteiger charge is -2.24. The first-order chi connectivity index (χ1) is 11.8. The van der Waals surface area contributed by atoms with Crippen molar-refractivity contribution in [3.8, 4) is 0 Å². The van der Waals surface area contributed by atoms with Gasteiger partial charge in [0, 0.05) is 12.5 Å². The van der Waals surface area contributed by atoms with Crippen LogP contribution in [0.5, 0.6) is 0 Å². The molecule has 0 aliphatic carbocycles. The summed E-state index contributed by atoms with van der Waals surface area (Å²) in [5.41, 5.74) is 1.03. The molecule has 136 valence electrons. The minimum atomic E-state index is -1.22. The summed E-state index contributed by atoms with van der Waals surface area (Å²) in [4.78, 5) is 11.7. The Balaban J connectivity index is 2.24. The predicted octanol–water partition coefficient (Wildman–Crippen LogP) is 4.28. The maximum atomic E-state index is 12.6. The Labute approximate surface area is 152 Å². The van der Waals surface area contributed by atoms with Gasteiger partial charge in [0.05, 0.1) is 22.3 Å². The van der Waals surface area contributed by atoms with E-state index in [1.807, 2.05) is 39.0 Å². The summed E-state index contributed by atoms with van der Waals surface area (Å²) in [7, 11) is -1.22. The van der Waals surface area contributed by atoms with E-state index in [9.17, 15) is 9.00 Å². The van der Waals surface area contributed by atoms with E-state index in [-0.39, 0.29) is 16.8 Å². The number of benzene rings is 2. The Hall–Kier alpha value is -1.72. The maximum absolute atomic E-state index is 12.6. The first-order valence-electron chi connectivity index (χ1n) is 8.63. The molecule has 0 saturated heterocycles. The molecule has 0 aliphatic heterocycles. The highest BCUT2D eigenvalue weighted by Gasteiger charge is 2.24. The van der Waals surface area contributed by atoms with E-state index in [0.29, 0.717) is 19.4 Å². The van der Waals surface area contributed by atoms with Crippen LogP contribution in [0.2, 0.25) is 0 Å². The molecular weight excluding hydrogens is 334 g/mol. The van der Waals surface area contributed by atoms with Gasteiger partial charge in [0.25, 0.3) is 0 Å². The van der Waals surface area contributed by atoms with E-state index in [2.05, 4.69) is 29.0 Å². The standard InChI is InChI=1S/C20H27NO3S/c1-5-24-19(22)13-12-18(21-25(23)20(2,3)4)17-11-10-15-8-6-7-9-16(15)14-17/h6-11,14,18,21H,5,12-13H2,1-4H3/t18-,25+/m1/s1. The van der Waals surface area contributed by atoms with Crippen molar-refractivity contribution in [3.05, 3.63) is 48.0 Å². The molecule has 0 aliphatic rings. The van der Waals surface area contributed by atoms with Gasteiger partial charge in [0.2, 0.25) is 0 Å². The highest BCUT2D eigenvalue weighted by Crippen LogP contribution is 2.25. The SMILES string of the molecule is CCOC(=O)CC[C@@H](N[S@@](=O)C(C)(C)C)c1ccc2ccccc2c1. The van der Waals surface area contributed by atoms with Crippen LogP contribution in [0.15, 0.2) is 42.5 Å². The smallest absolute Gasteiger partial charge is 0.305 e. The van der Waals surface area contributed by atoms with E-state index >= 15 is 0 Å². The molecule has 0 spiro atoms. The zero-order valence-electron chi connectivity index (χ0n) is 15.4. The largest absolute Gasteiger partial charge is 0.466 e. The van der Waals surface area contributed by atoms with E-state index < -0.39 is 11.0 Å². The molecule has 1 N–H and O–H groups in total. The molecule has 0 bridgehead atoms. The highest BCUT2D eigenvalue weighted by molar-refractivity contribution is 7.84. The molecule has 0 fully saturated rings. The van der Waals surface area contributed by atoms with Gasteiger partial charge in [-0.1, -0.05) is 36.4 Å². The van der Waals surface area contributed by atoms with Crippen LogP contribution in [-0.4, -0.2) is 21.5 Å². The Morgan fingerprint density at radius 1 is 1.16 bits per heavy atom. The number of hydrogen-bond donors (Lipinski definition) is 1. The third-order valence-electron chi connectivity index (χ3n) is 3.92. The number of ether oxygens (including phenoxy) is 1. The molecular formula is C20H27NO3S. The molecule has 0 unspecified atom stereocenters. The van der Waals surface area contributed by atoms with Gasteiger partial charge in [-0.3, -0.25) is 4.79 Å². The second kappa shape index (κ2) is 8.59. The molecule has 4 nitrogen and oxygen atoms in total. The van der Waals surface area contributed by atoms with E-state index in [1.54, 1.807) is 6.92 Å². The monoisotopic (exact) mass is 361 g/mol. The minimum absolute atomic E-state index is 0.172. The zero-order valence-corrected chi connectivity index (χ0v) is 16.2. The van der Waals surface area contributed by atoms with Crippen LogP contribution in [0.4, 0.5) is 0 Å². The van der Waals surface area contributed by atoms with Crippen molar-refractivity contribution >= 4 is 27.7 Å². The summed E-state index contributed by atoms with van der Waals surface area (Å²) in [5.74, 6) is -0.225. The van der Waals surface area contributed by atoms with Gasteiger partial charge in [-0.15, -0.1) is 0 Å². The number of nitrogens with one attached hydrogen (secondary N) is 1. The van der Waals surface area contributed by atoms with Crippen molar-refractivity contribution in [1.82, 2.24) is 4.72 Å². The summed E-state index contributed by atoms with van der Waals surface area (Å²) >= 11 is 0. The fourth-order valence-corrected chi connectivity index (χ4v) is 3.39. The molecule has 0 heterocycles. The third kappa shape index (κ3) is 5.65. The Morgan fingerprint density at radius 3 is 2.48 bits per heavy atom. The molecule has 5 heteroatoms. The molecule has 0 radical (unpaired) electrons. The number of carbonyl (C=O) groups excluding carboxylic acids is 1. The topological polar surface area (TPSA) is 55.4 Å². The number of rotatable bonds is 7. The lowest BCUT2D eigenvalue weighted by molar-refractivity contribution is -0.143. The van der Waals surface area contributed by atoms with Crippen LogP contribution in [0.3, 0.4) is 0 Å². The van der Waals surface area contributed by atoms with Crippen LogP contribution < -0.4 is 4.72 Å². The predicted molar refractivity (Wildman–Crippen MR) is 104 cm³/mol. The van der Waals surface area contributed by atoms with Gasteiger partial charge in [-0.2, -0.15) is 0 Å². The van der Waals surface area contributed by atoms with Crippen molar-refractivity contribution in [3.63, 3.8) is 0 Å². The molecule has 2 rings (SSSR count). The summed E-state index contributed by atoms with van der Waals surface area (Å²) in [6, 6.07) is 14.1. The third-order valence-corrected chi connectivity index (χ3v) is 5.53. The second-order valence-electron chi connectivity index (χ2n) is 7.00. The van der Waals surface area contributed by atoms with Crippen molar-refractivity contribution < 1.29 is 13.7 Å². The highest BCUT2D eigenvalue weighted by atomic mass is 32.2. The van der Waals surface area contributed by atoms with E-state index in [1.165, 1.54) is 0 Å². The van der Waals surface area contributed by atoms with Crippen molar-refractivity contribution in [2.75, 3.05) is 6.61 Å². The van der Waals surface area contributed by atoms with Crippen molar-refractivity contribution in [2.45, 2.75) is 51.3 Å². The molecule has 2 aromatic rings. The van der Waals surface area contributed by atoms with Gasteiger partial charge in [-0.05, 0) is 56.5 Å². The maximum Gasteiger partial charge on any atom is 0.305 e. The molecule has 25 heavy (non-hydrogen) atoms. The van der Waals surface area contributed by atoms with Gasteiger partial charge in [-0.25, -0.2) is 8.93 Å². The number of hydrogen-bond acceptors (Lipinski definition) is 3. The fraction of sp³-hybridized carbons (Fsp3) is 0.450. The zero-order chi connectivity index (χ0) is 18.4. The summed E-state index contributed by atoms with van der Waals surface area (Å²) in [5, 5.41) is 2.29. The number of fused-ring (bicyclic) bond motifs is 1. The summed E-state index contributed by atoms with van der Waals surface area (Å²) in [6.45, 7) is 7.96. The summed E-state index contributed by atoms with van der Waals surface area (Å²) in [6.07, 6.45) is 0.832. The lowest BCUT2D eigenvalue weighted by atomic mass is 9.99. The molecule has 2 aromatic carbocycles. The van der Waals surface area contributed by atoms with E-state index in [0.717, 1.165) is 16.3 Å². The summed E-state index contributed by atoms with van der Waals surface area (Å²) < 4.78 is 20.4. The minimum Gasteiger partial charge on any atom is -0.466 e. The first kappa shape index (κ1) is 19.6. The van der Waals surface area contributed by atoms with Crippen LogP contribution in [-0.2, 0) is 20.5 Å². The number of carbonyl (C=O) groups is 1. The van der Waals surface area contributed by atoms with Gasteiger partial charge < -0.3 is 4.74 Å². The first-order valence-corrected chi connectivity index (χ1v) is 9.78. The lowest BCUT2D eigenvalue weighted by Crippen LogP contribution is -2.36.